The van der Waals surface area contributed by atoms with Crippen molar-refractivity contribution in [1.29, 1.82) is 0 Å². The molecular formula is C14H11N3. The van der Waals surface area contributed by atoms with Crippen molar-refractivity contribution in [2.45, 2.75) is 12.0 Å². The van der Waals surface area contributed by atoms with E-state index < -0.39 is 5.54 Å². The van der Waals surface area contributed by atoms with Gasteiger partial charge in [-0.15, -0.1) is 0 Å². The molecule has 1 aliphatic carbocycles. The van der Waals surface area contributed by atoms with Gasteiger partial charge in [0.25, 0.3) is 0 Å². The van der Waals surface area contributed by atoms with Gasteiger partial charge < -0.3 is 0 Å². The Kier molecular flexibility index (Phi) is 2.13. The molecule has 0 fully saturated rings. The summed E-state index contributed by atoms with van der Waals surface area (Å²) in [4.78, 5) is 3.03. The van der Waals surface area contributed by atoms with E-state index in [4.69, 9.17) is 5.53 Å². The van der Waals surface area contributed by atoms with E-state index in [0.29, 0.717) is 0 Å². The lowest BCUT2D eigenvalue weighted by molar-refractivity contribution is 0.466. The van der Waals surface area contributed by atoms with E-state index in [1.165, 1.54) is 5.56 Å². The molecule has 17 heavy (non-hydrogen) atoms. The third kappa shape index (κ3) is 1.33. The molecule has 0 heterocycles. The smallest absolute Gasteiger partial charge is 0.0774 e. The van der Waals surface area contributed by atoms with E-state index in [1.54, 1.807) is 0 Å². The third-order valence-corrected chi connectivity index (χ3v) is 3.38. The molecule has 1 aliphatic rings. The minimum Gasteiger partial charge on any atom is -0.0774 e. The van der Waals surface area contributed by atoms with E-state index in [-0.39, 0.29) is 0 Å². The fourth-order valence-electron chi connectivity index (χ4n) is 2.54. The zero-order valence-electron chi connectivity index (χ0n) is 9.24. The van der Waals surface area contributed by atoms with Gasteiger partial charge in [0.2, 0.25) is 0 Å². The molecule has 3 rings (SSSR count). The Bertz CT molecular complexity index is 600. The van der Waals surface area contributed by atoms with E-state index in [0.717, 1.165) is 17.5 Å². The van der Waals surface area contributed by atoms with Gasteiger partial charge in [-0.3, -0.25) is 0 Å². The van der Waals surface area contributed by atoms with Gasteiger partial charge in [-0.05, 0) is 28.6 Å². The van der Waals surface area contributed by atoms with Crippen LogP contribution in [-0.4, -0.2) is 0 Å². The molecule has 2 aromatic carbocycles. The molecule has 3 nitrogen and oxygen atoms in total. The highest BCUT2D eigenvalue weighted by Crippen LogP contribution is 2.47. The first-order valence-corrected chi connectivity index (χ1v) is 5.57. The Labute approximate surface area is 99.3 Å². The van der Waals surface area contributed by atoms with Crippen LogP contribution in [0.2, 0.25) is 0 Å². The quantitative estimate of drug-likeness (QED) is 0.421. The summed E-state index contributed by atoms with van der Waals surface area (Å²) in [5.74, 6) is 0. The van der Waals surface area contributed by atoms with Gasteiger partial charge in [-0.2, -0.15) is 0 Å². The Morgan fingerprint density at radius 1 is 1.00 bits per heavy atom. The first-order chi connectivity index (χ1) is 8.37. The molecule has 0 radical (unpaired) electrons. The molecule has 0 amide bonds. The minimum absolute atomic E-state index is 0.493. The number of hydrogen-bond donors (Lipinski definition) is 0. The maximum Gasteiger partial charge on any atom is 0.103 e. The van der Waals surface area contributed by atoms with Gasteiger partial charge in [0.1, 0.15) is 5.54 Å². The summed E-state index contributed by atoms with van der Waals surface area (Å²) in [6.45, 7) is 0. The highest BCUT2D eigenvalue weighted by Gasteiger charge is 2.43. The summed E-state index contributed by atoms with van der Waals surface area (Å²) < 4.78 is 0. The number of azide groups is 1. The summed E-state index contributed by atoms with van der Waals surface area (Å²) >= 11 is 0. The number of nitrogens with zero attached hydrogens (tertiary/aromatic N) is 3. The lowest BCUT2D eigenvalue weighted by Crippen LogP contribution is -2.37. The predicted octanol–water partition coefficient (Wildman–Crippen LogP) is 3.80. The molecule has 2 aromatic rings. The SMILES string of the molecule is [N-]=[N+]=NC1(c2ccccc2)Cc2ccccc21. The summed E-state index contributed by atoms with van der Waals surface area (Å²) in [7, 11) is 0. The van der Waals surface area contributed by atoms with Crippen LogP contribution in [0.25, 0.3) is 10.4 Å². The van der Waals surface area contributed by atoms with Crippen LogP contribution in [0.5, 0.6) is 0 Å². The Balaban J connectivity index is 2.19. The van der Waals surface area contributed by atoms with E-state index in [1.807, 2.05) is 48.5 Å². The van der Waals surface area contributed by atoms with Crippen LogP contribution in [0.4, 0.5) is 0 Å². The number of hydrogen-bond acceptors (Lipinski definition) is 1. The Morgan fingerprint density at radius 3 is 2.41 bits per heavy atom. The maximum absolute atomic E-state index is 8.81. The lowest BCUT2D eigenvalue weighted by Gasteiger charge is -2.40. The highest BCUT2D eigenvalue weighted by molar-refractivity contribution is 5.52. The van der Waals surface area contributed by atoms with Crippen molar-refractivity contribution in [3.63, 3.8) is 0 Å². The zero-order valence-corrected chi connectivity index (χ0v) is 9.24. The lowest BCUT2D eigenvalue weighted by atomic mass is 9.67. The van der Waals surface area contributed by atoms with E-state index in [9.17, 15) is 0 Å². The molecule has 0 bridgehead atoms. The van der Waals surface area contributed by atoms with Gasteiger partial charge in [0.05, 0.1) is 0 Å². The molecule has 0 aliphatic heterocycles. The van der Waals surface area contributed by atoms with Crippen LogP contribution in [0.1, 0.15) is 16.7 Å². The summed E-state index contributed by atoms with van der Waals surface area (Å²) in [6.07, 6.45) is 0.789. The van der Waals surface area contributed by atoms with Crippen LogP contribution in [0.3, 0.4) is 0 Å². The normalized spacial score (nSPS) is 20.9. The summed E-state index contributed by atoms with van der Waals surface area (Å²) in [5.41, 5.74) is 11.8. The fourth-order valence-corrected chi connectivity index (χ4v) is 2.54. The van der Waals surface area contributed by atoms with Gasteiger partial charge in [-0.1, -0.05) is 59.7 Å². The van der Waals surface area contributed by atoms with Crippen molar-refractivity contribution < 1.29 is 0 Å². The van der Waals surface area contributed by atoms with Gasteiger partial charge >= 0.3 is 0 Å². The first kappa shape index (κ1) is 9.94. The first-order valence-electron chi connectivity index (χ1n) is 5.57. The van der Waals surface area contributed by atoms with Crippen molar-refractivity contribution in [3.05, 3.63) is 81.7 Å². The molecule has 0 saturated carbocycles. The molecular weight excluding hydrogens is 210 g/mol. The molecule has 1 unspecified atom stereocenters. The van der Waals surface area contributed by atoms with Crippen LogP contribution < -0.4 is 0 Å². The molecule has 1 atom stereocenters. The zero-order chi connectivity index (χ0) is 11.7. The number of fused-ring (bicyclic) bond motifs is 1. The topological polar surface area (TPSA) is 48.8 Å². The van der Waals surface area contributed by atoms with Crippen LogP contribution in [0, 0.1) is 0 Å². The van der Waals surface area contributed by atoms with Crippen LogP contribution in [0.15, 0.2) is 59.7 Å². The average molecular weight is 221 g/mol. The van der Waals surface area contributed by atoms with Crippen molar-refractivity contribution in [2.75, 3.05) is 0 Å². The van der Waals surface area contributed by atoms with Gasteiger partial charge in [-0.25, -0.2) is 0 Å². The Morgan fingerprint density at radius 2 is 1.71 bits per heavy atom. The Hall–Kier alpha value is -2.25. The summed E-state index contributed by atoms with van der Waals surface area (Å²) in [6, 6.07) is 18.1. The fraction of sp³-hybridized carbons (Fsp3) is 0.143. The predicted molar refractivity (Wildman–Crippen MR) is 66.5 cm³/mol. The van der Waals surface area contributed by atoms with Gasteiger partial charge in [0, 0.05) is 4.91 Å². The number of benzene rings is 2. The second-order valence-corrected chi connectivity index (χ2v) is 4.25. The third-order valence-electron chi connectivity index (χ3n) is 3.38. The molecule has 82 valence electrons. The van der Waals surface area contributed by atoms with Gasteiger partial charge in [0.15, 0.2) is 0 Å². The second kappa shape index (κ2) is 3.65. The number of rotatable bonds is 2. The molecule has 3 heteroatoms. The second-order valence-electron chi connectivity index (χ2n) is 4.25. The van der Waals surface area contributed by atoms with E-state index >= 15 is 0 Å². The molecule has 0 N–H and O–H groups in total. The standard InChI is InChI=1S/C14H11N3/c15-17-16-14(12-7-2-1-3-8-12)10-11-6-4-5-9-13(11)14/h1-9H,10H2. The minimum atomic E-state index is -0.493. The largest absolute Gasteiger partial charge is 0.103 e. The average Bonchev–Trinajstić information content (AvgIpc) is 2.37. The summed E-state index contributed by atoms with van der Waals surface area (Å²) in [5, 5.41) is 4.05. The van der Waals surface area contributed by atoms with Crippen molar-refractivity contribution in [1.82, 2.24) is 0 Å². The van der Waals surface area contributed by atoms with Crippen LogP contribution >= 0.6 is 0 Å². The molecule has 0 aromatic heterocycles. The van der Waals surface area contributed by atoms with Crippen LogP contribution in [-0.2, 0) is 12.0 Å². The molecule has 0 spiro atoms. The van der Waals surface area contributed by atoms with E-state index in [2.05, 4.69) is 16.1 Å². The molecule has 0 saturated heterocycles. The van der Waals surface area contributed by atoms with Crippen molar-refractivity contribution in [3.8, 4) is 0 Å². The highest BCUT2D eigenvalue weighted by atomic mass is 15.2. The monoisotopic (exact) mass is 221 g/mol. The van der Waals surface area contributed by atoms with Crippen molar-refractivity contribution in [2.24, 2.45) is 5.11 Å². The maximum atomic E-state index is 8.81. The van der Waals surface area contributed by atoms with Crippen molar-refractivity contribution >= 4 is 0 Å².